The van der Waals surface area contributed by atoms with E-state index >= 15 is 0 Å². The Morgan fingerprint density at radius 1 is 1.03 bits per heavy atom. The number of anilines is 1. The molecule has 0 bridgehead atoms. The molecule has 0 aliphatic carbocycles. The summed E-state index contributed by atoms with van der Waals surface area (Å²) in [6.45, 7) is 25.7. The first-order valence-electron chi connectivity index (χ1n) is 11.9. The quantitative estimate of drug-likeness (QED) is 0.130. The molecular weight excluding hydrogens is 453 g/mol. The third-order valence-corrected chi connectivity index (χ3v) is 6.70. The van der Waals surface area contributed by atoms with Gasteiger partial charge in [0.05, 0.1) is 5.03 Å². The molecule has 2 atom stereocenters. The van der Waals surface area contributed by atoms with Crippen LogP contribution in [0.2, 0.25) is 0 Å². The highest BCUT2D eigenvalue weighted by Crippen LogP contribution is 2.40. The van der Waals surface area contributed by atoms with Gasteiger partial charge in [0.1, 0.15) is 6.17 Å². The highest BCUT2D eigenvalue weighted by molar-refractivity contribution is 8.07. The molecule has 0 spiro atoms. The van der Waals surface area contributed by atoms with Crippen LogP contribution < -0.4 is 16.0 Å². The van der Waals surface area contributed by atoms with E-state index in [1.54, 1.807) is 0 Å². The third kappa shape index (κ3) is 9.69. The summed E-state index contributed by atoms with van der Waals surface area (Å²) in [5.74, 6) is -0.443. The molecule has 0 saturated heterocycles. The molecule has 190 valence electrons. The molecule has 1 aromatic rings. The van der Waals surface area contributed by atoms with Gasteiger partial charge in [0, 0.05) is 35.3 Å². The zero-order valence-corrected chi connectivity index (χ0v) is 23.0. The Kier molecular flexibility index (Phi) is 13.7. The Bertz CT molecular complexity index is 979. The second-order valence-electron chi connectivity index (χ2n) is 8.36. The summed E-state index contributed by atoms with van der Waals surface area (Å²) >= 11 is 1.48. The van der Waals surface area contributed by atoms with Crippen molar-refractivity contribution in [3.8, 4) is 0 Å². The number of hydrogen-bond acceptors (Lipinski definition) is 4. The summed E-state index contributed by atoms with van der Waals surface area (Å²) < 4.78 is 14.8. The molecule has 0 aromatic heterocycles. The van der Waals surface area contributed by atoms with Crippen LogP contribution in [0.3, 0.4) is 0 Å². The standard InChI is InChI=1S/C30H42FN3S/c1-10-18-32-19-20-33-28(13-4)25-14-16-26(17-15-25)34-24(9)35-30(21(5)6)23(8)29(22(7)11-2)27(31)12-3/h10-18,27,29,32-34H,3,8-9,19-20H2,1-2,4-7H3/b18-10-,22-11-,28-13-. The van der Waals surface area contributed by atoms with Crippen LogP contribution in [0, 0.1) is 5.92 Å². The van der Waals surface area contributed by atoms with Gasteiger partial charge in [-0.2, -0.15) is 0 Å². The number of benzene rings is 1. The molecule has 0 aliphatic heterocycles. The molecule has 2 unspecified atom stereocenters. The van der Waals surface area contributed by atoms with Crippen LogP contribution in [0.5, 0.6) is 0 Å². The van der Waals surface area contributed by atoms with Crippen molar-refractivity contribution in [2.24, 2.45) is 5.92 Å². The molecule has 1 rings (SSSR count). The molecule has 0 aliphatic rings. The Hall–Kier alpha value is -2.92. The highest BCUT2D eigenvalue weighted by Gasteiger charge is 2.26. The molecule has 0 heterocycles. The van der Waals surface area contributed by atoms with E-state index in [1.807, 2.05) is 72.0 Å². The van der Waals surface area contributed by atoms with Gasteiger partial charge in [0.25, 0.3) is 0 Å². The molecule has 3 N–H and O–H groups in total. The smallest absolute Gasteiger partial charge is 0.129 e. The third-order valence-electron chi connectivity index (χ3n) is 5.47. The van der Waals surface area contributed by atoms with Gasteiger partial charge in [0.2, 0.25) is 0 Å². The Morgan fingerprint density at radius 3 is 2.20 bits per heavy atom. The lowest BCUT2D eigenvalue weighted by Crippen LogP contribution is -2.23. The molecule has 0 amide bonds. The largest absolute Gasteiger partial charge is 0.389 e. The first kappa shape index (κ1) is 30.1. The van der Waals surface area contributed by atoms with Crippen molar-refractivity contribution in [3.63, 3.8) is 0 Å². The fourth-order valence-corrected chi connectivity index (χ4v) is 4.43. The molecule has 3 nitrogen and oxygen atoms in total. The summed E-state index contributed by atoms with van der Waals surface area (Å²) in [5.41, 5.74) is 5.88. The predicted octanol–water partition coefficient (Wildman–Crippen LogP) is 8.33. The summed E-state index contributed by atoms with van der Waals surface area (Å²) in [7, 11) is 0. The molecular formula is C30H42FN3S. The Labute approximate surface area is 216 Å². The van der Waals surface area contributed by atoms with Crippen LogP contribution >= 0.6 is 11.8 Å². The van der Waals surface area contributed by atoms with Crippen molar-refractivity contribution in [2.45, 2.75) is 47.7 Å². The zero-order valence-electron chi connectivity index (χ0n) is 22.2. The van der Waals surface area contributed by atoms with Gasteiger partial charge < -0.3 is 16.0 Å². The lowest BCUT2D eigenvalue weighted by Gasteiger charge is -2.25. The van der Waals surface area contributed by atoms with Crippen LogP contribution in [0.15, 0.2) is 101 Å². The number of thioether (sulfide) groups is 1. The number of nitrogens with one attached hydrogen (secondary N) is 3. The fraction of sp³-hybridized carbons (Fsp3) is 0.333. The minimum absolute atomic E-state index is 0.443. The number of rotatable bonds is 15. The average molecular weight is 496 g/mol. The van der Waals surface area contributed by atoms with Crippen molar-refractivity contribution in [1.29, 1.82) is 0 Å². The summed E-state index contributed by atoms with van der Waals surface area (Å²) in [6.07, 6.45) is 8.07. The minimum Gasteiger partial charge on any atom is -0.389 e. The van der Waals surface area contributed by atoms with Gasteiger partial charge in [-0.05, 0) is 71.0 Å². The normalized spacial score (nSPS) is 13.7. The fourth-order valence-electron chi connectivity index (χ4n) is 3.55. The summed E-state index contributed by atoms with van der Waals surface area (Å²) in [4.78, 5) is 0.932. The number of allylic oxidation sites excluding steroid dienone is 7. The molecule has 35 heavy (non-hydrogen) atoms. The maximum absolute atomic E-state index is 14.8. The van der Waals surface area contributed by atoms with Crippen LogP contribution in [0.4, 0.5) is 10.1 Å². The SMILES string of the molecule is C=CC(F)C(C(=C)C(SC(=C)Nc1ccc(/C(=C/C)NCCN/C=C\C)cc1)=C(C)C)/C(C)=C\C. The Morgan fingerprint density at radius 2 is 1.69 bits per heavy atom. The second kappa shape index (κ2) is 15.9. The van der Waals surface area contributed by atoms with E-state index in [-0.39, 0.29) is 0 Å². The Balaban J connectivity index is 2.89. The number of alkyl halides is 1. The van der Waals surface area contributed by atoms with Gasteiger partial charge in [-0.1, -0.05) is 72.5 Å². The van der Waals surface area contributed by atoms with Gasteiger partial charge >= 0.3 is 0 Å². The average Bonchev–Trinajstić information content (AvgIpc) is 2.85. The van der Waals surface area contributed by atoms with E-state index in [0.717, 1.165) is 56.7 Å². The van der Waals surface area contributed by atoms with Crippen LogP contribution in [0.1, 0.15) is 47.1 Å². The first-order valence-corrected chi connectivity index (χ1v) is 12.8. The van der Waals surface area contributed by atoms with Crippen molar-refractivity contribution < 1.29 is 4.39 Å². The molecule has 0 saturated carbocycles. The molecule has 0 fully saturated rings. The lowest BCUT2D eigenvalue weighted by atomic mass is 9.87. The molecule has 0 radical (unpaired) electrons. The van der Waals surface area contributed by atoms with Gasteiger partial charge in [-0.15, -0.1) is 6.58 Å². The van der Waals surface area contributed by atoms with Crippen LogP contribution in [0.25, 0.3) is 5.70 Å². The molecule has 5 heteroatoms. The van der Waals surface area contributed by atoms with E-state index in [9.17, 15) is 4.39 Å². The number of halogens is 1. The topological polar surface area (TPSA) is 36.1 Å². The van der Waals surface area contributed by atoms with Crippen LogP contribution in [-0.4, -0.2) is 19.3 Å². The summed E-state index contributed by atoms with van der Waals surface area (Å²) in [6, 6.07) is 8.21. The summed E-state index contributed by atoms with van der Waals surface area (Å²) in [5, 5.41) is 10.8. The molecule has 1 aromatic carbocycles. The van der Waals surface area contributed by atoms with E-state index in [0.29, 0.717) is 0 Å². The highest BCUT2D eigenvalue weighted by atomic mass is 32.2. The van der Waals surface area contributed by atoms with E-state index in [4.69, 9.17) is 0 Å². The number of hydrogen-bond donors (Lipinski definition) is 3. The van der Waals surface area contributed by atoms with Crippen molar-refractivity contribution >= 4 is 23.1 Å². The first-order chi connectivity index (χ1) is 16.7. The van der Waals surface area contributed by atoms with E-state index in [2.05, 4.69) is 53.9 Å². The predicted molar refractivity (Wildman–Crippen MR) is 157 cm³/mol. The maximum Gasteiger partial charge on any atom is 0.129 e. The second-order valence-corrected chi connectivity index (χ2v) is 9.46. The van der Waals surface area contributed by atoms with Crippen molar-refractivity contribution in [3.05, 3.63) is 107 Å². The van der Waals surface area contributed by atoms with Gasteiger partial charge in [0.15, 0.2) is 0 Å². The van der Waals surface area contributed by atoms with E-state index in [1.165, 1.54) is 17.8 Å². The lowest BCUT2D eigenvalue weighted by molar-refractivity contribution is 0.341. The maximum atomic E-state index is 14.8. The van der Waals surface area contributed by atoms with E-state index < -0.39 is 12.1 Å². The van der Waals surface area contributed by atoms with Crippen molar-refractivity contribution in [2.75, 3.05) is 18.4 Å². The van der Waals surface area contributed by atoms with Crippen LogP contribution in [-0.2, 0) is 0 Å². The van der Waals surface area contributed by atoms with Gasteiger partial charge in [-0.25, -0.2) is 4.39 Å². The zero-order chi connectivity index (χ0) is 26.4. The minimum atomic E-state index is -1.20. The monoisotopic (exact) mass is 495 g/mol. The van der Waals surface area contributed by atoms with Crippen molar-refractivity contribution in [1.82, 2.24) is 10.6 Å². The van der Waals surface area contributed by atoms with Gasteiger partial charge in [-0.3, -0.25) is 0 Å².